The van der Waals surface area contributed by atoms with E-state index in [0.717, 1.165) is 29.1 Å². The zero-order chi connectivity index (χ0) is 18.9. The van der Waals surface area contributed by atoms with Crippen molar-refractivity contribution >= 4 is 17.3 Å². The largest absolute Gasteiger partial charge is 0.383 e. The summed E-state index contributed by atoms with van der Waals surface area (Å²) in [6, 6.07) is 8.33. The van der Waals surface area contributed by atoms with E-state index >= 15 is 0 Å². The summed E-state index contributed by atoms with van der Waals surface area (Å²) < 4.78 is 5.08. The molecule has 0 aromatic heterocycles. The van der Waals surface area contributed by atoms with E-state index in [1.807, 2.05) is 13.0 Å². The number of ether oxygens (including phenoxy) is 1. The van der Waals surface area contributed by atoms with Crippen LogP contribution in [0.3, 0.4) is 0 Å². The van der Waals surface area contributed by atoms with Crippen molar-refractivity contribution in [1.29, 1.82) is 0 Å². The lowest BCUT2D eigenvalue weighted by atomic mass is 9.53. The van der Waals surface area contributed by atoms with Crippen molar-refractivity contribution in [1.82, 2.24) is 5.32 Å². The summed E-state index contributed by atoms with van der Waals surface area (Å²) in [7, 11) is 1.65. The molecule has 4 saturated carbocycles. The monoisotopic (exact) mass is 371 g/mol. The number of hydrogen-bond donors (Lipinski definition) is 3. The third kappa shape index (κ3) is 4.23. The summed E-state index contributed by atoms with van der Waals surface area (Å²) in [4.78, 5) is 12.2. The van der Waals surface area contributed by atoms with Crippen LogP contribution in [0, 0.1) is 17.8 Å². The third-order valence-corrected chi connectivity index (χ3v) is 6.63. The fraction of sp³-hybridized carbons (Fsp3) is 0.682. The molecule has 4 bridgehead atoms. The Bertz CT molecular complexity index is 640. The molecule has 5 heteroatoms. The molecule has 3 N–H and O–H groups in total. The normalized spacial score (nSPS) is 32.1. The topological polar surface area (TPSA) is 62.4 Å². The van der Waals surface area contributed by atoms with E-state index < -0.39 is 0 Å². The van der Waals surface area contributed by atoms with Crippen molar-refractivity contribution in [2.45, 2.75) is 57.0 Å². The minimum absolute atomic E-state index is 0.0100. The van der Waals surface area contributed by atoms with E-state index in [2.05, 4.69) is 34.1 Å². The van der Waals surface area contributed by atoms with E-state index in [1.54, 1.807) is 7.11 Å². The Labute approximate surface area is 162 Å². The molecule has 5 rings (SSSR count). The number of anilines is 2. The molecule has 1 atom stereocenters. The lowest BCUT2D eigenvalue weighted by Gasteiger charge is -2.57. The number of benzene rings is 1. The minimum atomic E-state index is -0.0100. The average Bonchev–Trinajstić information content (AvgIpc) is 2.59. The number of carbonyl (C=O) groups excluding carboxylic acids is 1. The second kappa shape index (κ2) is 7.70. The third-order valence-electron chi connectivity index (χ3n) is 6.63. The minimum Gasteiger partial charge on any atom is -0.383 e. The summed E-state index contributed by atoms with van der Waals surface area (Å²) in [5.74, 6) is 2.73. The number of hydrogen-bond acceptors (Lipinski definition) is 4. The number of para-hydroxylation sites is 2. The van der Waals surface area contributed by atoms with Gasteiger partial charge in [0.2, 0.25) is 5.91 Å². The van der Waals surface area contributed by atoms with Gasteiger partial charge in [0, 0.05) is 18.7 Å². The van der Waals surface area contributed by atoms with E-state index in [4.69, 9.17) is 4.74 Å². The van der Waals surface area contributed by atoms with Gasteiger partial charge in [0.1, 0.15) is 0 Å². The fourth-order valence-electron chi connectivity index (χ4n) is 6.09. The maximum atomic E-state index is 12.2. The van der Waals surface area contributed by atoms with Gasteiger partial charge in [0.15, 0.2) is 0 Å². The summed E-state index contributed by atoms with van der Waals surface area (Å²) in [6.07, 6.45) is 8.26. The molecule has 1 unspecified atom stereocenters. The lowest BCUT2D eigenvalue weighted by molar-refractivity contribution is -0.120. The second-order valence-electron chi connectivity index (χ2n) is 9.15. The molecule has 27 heavy (non-hydrogen) atoms. The highest BCUT2D eigenvalue weighted by Crippen LogP contribution is 2.56. The Morgan fingerprint density at radius 3 is 2.30 bits per heavy atom. The number of nitrogens with one attached hydrogen (secondary N) is 3. The quantitative estimate of drug-likeness (QED) is 0.653. The van der Waals surface area contributed by atoms with Crippen LogP contribution in [0.15, 0.2) is 24.3 Å². The first kappa shape index (κ1) is 18.6. The van der Waals surface area contributed by atoms with Crippen LogP contribution in [0.1, 0.15) is 45.4 Å². The Morgan fingerprint density at radius 2 is 1.70 bits per heavy atom. The van der Waals surface area contributed by atoms with Gasteiger partial charge in [-0.25, -0.2) is 0 Å². The van der Waals surface area contributed by atoms with Gasteiger partial charge in [-0.05, 0) is 75.3 Å². The Morgan fingerprint density at radius 1 is 1.11 bits per heavy atom. The van der Waals surface area contributed by atoms with Crippen LogP contribution < -0.4 is 16.0 Å². The summed E-state index contributed by atoms with van der Waals surface area (Å²) in [5.41, 5.74) is 2.42. The highest BCUT2D eigenvalue weighted by atomic mass is 16.5. The van der Waals surface area contributed by atoms with Crippen molar-refractivity contribution in [2.75, 3.05) is 30.9 Å². The number of amides is 1. The molecule has 4 fully saturated rings. The van der Waals surface area contributed by atoms with Crippen molar-refractivity contribution in [3.63, 3.8) is 0 Å². The smallest absolute Gasteiger partial charge is 0.239 e. The van der Waals surface area contributed by atoms with Crippen LogP contribution in [0.2, 0.25) is 0 Å². The van der Waals surface area contributed by atoms with Gasteiger partial charge in [-0.3, -0.25) is 4.79 Å². The first-order valence-electron chi connectivity index (χ1n) is 10.4. The standard InChI is InChI=1S/C22H33N3O2/c1-15(14-27-2)24-21(26)13-23-19-5-3-4-6-20(19)25-22-10-16-7-17(11-22)9-18(8-16)12-22/h3-6,15-18,23,25H,7-14H2,1-2H3,(H,24,26). The molecule has 0 radical (unpaired) electrons. The summed E-state index contributed by atoms with van der Waals surface area (Å²) >= 11 is 0. The van der Waals surface area contributed by atoms with Gasteiger partial charge in [-0.1, -0.05) is 12.1 Å². The van der Waals surface area contributed by atoms with Gasteiger partial charge >= 0.3 is 0 Å². The Balaban J connectivity index is 1.39. The molecule has 148 valence electrons. The fourth-order valence-corrected chi connectivity index (χ4v) is 6.09. The second-order valence-corrected chi connectivity index (χ2v) is 9.15. The molecule has 4 aliphatic rings. The highest BCUT2D eigenvalue weighted by Gasteiger charge is 2.51. The average molecular weight is 372 g/mol. The zero-order valence-corrected chi connectivity index (χ0v) is 16.6. The van der Waals surface area contributed by atoms with Crippen molar-refractivity contribution < 1.29 is 9.53 Å². The highest BCUT2D eigenvalue weighted by molar-refractivity contribution is 5.82. The molecule has 0 spiro atoms. The molecule has 0 saturated heterocycles. The Kier molecular flexibility index (Phi) is 5.31. The van der Waals surface area contributed by atoms with Gasteiger partial charge in [-0.15, -0.1) is 0 Å². The Hall–Kier alpha value is -1.75. The first-order valence-corrected chi connectivity index (χ1v) is 10.4. The molecule has 1 aromatic rings. The van der Waals surface area contributed by atoms with Crippen LogP contribution in [-0.2, 0) is 9.53 Å². The molecule has 1 amide bonds. The molecule has 4 aliphatic carbocycles. The van der Waals surface area contributed by atoms with Crippen LogP contribution in [0.4, 0.5) is 11.4 Å². The SMILES string of the molecule is COCC(C)NC(=O)CNc1ccccc1NC12CC3CC(CC(C3)C1)C2. The van der Waals surface area contributed by atoms with Gasteiger partial charge in [-0.2, -0.15) is 0 Å². The van der Waals surface area contributed by atoms with E-state index in [1.165, 1.54) is 38.5 Å². The first-order chi connectivity index (χ1) is 13.0. The maximum absolute atomic E-state index is 12.2. The van der Waals surface area contributed by atoms with E-state index in [-0.39, 0.29) is 24.0 Å². The number of methoxy groups -OCH3 is 1. The van der Waals surface area contributed by atoms with Gasteiger partial charge in [0.25, 0.3) is 0 Å². The molecule has 0 heterocycles. The van der Waals surface area contributed by atoms with Gasteiger partial charge in [0.05, 0.1) is 24.5 Å². The molecular formula is C22H33N3O2. The lowest BCUT2D eigenvalue weighted by Crippen LogP contribution is -2.54. The molecule has 5 nitrogen and oxygen atoms in total. The zero-order valence-electron chi connectivity index (χ0n) is 16.6. The van der Waals surface area contributed by atoms with Gasteiger partial charge < -0.3 is 20.7 Å². The van der Waals surface area contributed by atoms with Crippen molar-refractivity contribution in [2.24, 2.45) is 17.8 Å². The molecule has 1 aromatic carbocycles. The van der Waals surface area contributed by atoms with Crippen LogP contribution in [-0.4, -0.2) is 37.7 Å². The summed E-state index contributed by atoms with van der Waals surface area (Å²) in [5, 5.41) is 10.2. The predicted molar refractivity (Wildman–Crippen MR) is 109 cm³/mol. The van der Waals surface area contributed by atoms with Crippen molar-refractivity contribution in [3.05, 3.63) is 24.3 Å². The number of carbonyl (C=O) groups is 1. The van der Waals surface area contributed by atoms with Crippen LogP contribution in [0.25, 0.3) is 0 Å². The van der Waals surface area contributed by atoms with Crippen molar-refractivity contribution in [3.8, 4) is 0 Å². The van der Waals surface area contributed by atoms with E-state index in [0.29, 0.717) is 6.61 Å². The number of rotatable bonds is 8. The maximum Gasteiger partial charge on any atom is 0.239 e. The summed E-state index contributed by atoms with van der Waals surface area (Å²) in [6.45, 7) is 2.74. The molecule has 0 aliphatic heterocycles. The molecular weight excluding hydrogens is 338 g/mol. The van der Waals surface area contributed by atoms with Crippen LogP contribution in [0.5, 0.6) is 0 Å². The van der Waals surface area contributed by atoms with Crippen LogP contribution >= 0.6 is 0 Å². The van der Waals surface area contributed by atoms with E-state index in [9.17, 15) is 4.79 Å². The predicted octanol–water partition coefficient (Wildman–Crippen LogP) is 3.63.